The minimum atomic E-state index is 0.323. The van der Waals surface area contributed by atoms with Gasteiger partial charge in [0.15, 0.2) is 0 Å². The van der Waals surface area contributed by atoms with E-state index in [1.165, 1.54) is 19.3 Å². The summed E-state index contributed by atoms with van der Waals surface area (Å²) >= 11 is 0. The number of hydrogen-bond acceptors (Lipinski definition) is 1. The van der Waals surface area contributed by atoms with Crippen LogP contribution in [0, 0.1) is 17.8 Å². The molecule has 1 amide bonds. The van der Waals surface area contributed by atoms with Crippen molar-refractivity contribution in [3.63, 3.8) is 0 Å². The summed E-state index contributed by atoms with van der Waals surface area (Å²) in [4.78, 5) is 11.7. The minimum absolute atomic E-state index is 0.323. The van der Waals surface area contributed by atoms with Gasteiger partial charge in [0.25, 0.3) is 0 Å². The van der Waals surface area contributed by atoms with Crippen molar-refractivity contribution in [2.24, 2.45) is 17.8 Å². The Morgan fingerprint density at radius 2 is 2.08 bits per heavy atom. The summed E-state index contributed by atoms with van der Waals surface area (Å²) in [6.07, 6.45) is 4.97. The van der Waals surface area contributed by atoms with E-state index in [9.17, 15) is 4.79 Å². The van der Waals surface area contributed by atoms with Gasteiger partial charge < -0.3 is 5.32 Å². The number of hydrogen-bond donors (Lipinski definition) is 1. The lowest BCUT2D eigenvalue weighted by atomic mass is 10.1. The van der Waals surface area contributed by atoms with Crippen molar-refractivity contribution < 1.29 is 4.79 Å². The van der Waals surface area contributed by atoms with E-state index < -0.39 is 0 Å². The van der Waals surface area contributed by atoms with Gasteiger partial charge in [-0.1, -0.05) is 13.3 Å². The summed E-state index contributed by atoms with van der Waals surface area (Å²) in [6.45, 7) is 4.19. The lowest BCUT2D eigenvalue weighted by Crippen LogP contribution is -2.34. The summed E-state index contributed by atoms with van der Waals surface area (Å²) in [5.74, 6) is 2.22. The lowest BCUT2D eigenvalue weighted by Gasteiger charge is -2.11. The van der Waals surface area contributed by atoms with Gasteiger partial charge in [-0.15, -0.1) is 0 Å². The fourth-order valence-electron chi connectivity index (χ4n) is 2.65. The van der Waals surface area contributed by atoms with Crippen molar-refractivity contribution in [2.75, 3.05) is 0 Å². The zero-order valence-electron chi connectivity index (χ0n) is 8.55. The quantitative estimate of drug-likeness (QED) is 0.708. The van der Waals surface area contributed by atoms with Crippen LogP contribution in [0.3, 0.4) is 0 Å². The van der Waals surface area contributed by atoms with Gasteiger partial charge in [0.1, 0.15) is 0 Å². The predicted octanol–water partition coefficient (Wildman–Crippen LogP) is 1.95. The lowest BCUT2D eigenvalue weighted by molar-refractivity contribution is -0.123. The summed E-state index contributed by atoms with van der Waals surface area (Å²) in [6, 6.07) is 0.355. The highest BCUT2D eigenvalue weighted by Crippen LogP contribution is 2.57. The fourth-order valence-corrected chi connectivity index (χ4v) is 2.65. The molecule has 0 saturated heterocycles. The van der Waals surface area contributed by atoms with Gasteiger partial charge in [0.2, 0.25) is 5.91 Å². The molecule has 0 bridgehead atoms. The van der Waals surface area contributed by atoms with Crippen LogP contribution in [0.1, 0.15) is 39.5 Å². The molecule has 0 aromatic carbocycles. The van der Waals surface area contributed by atoms with E-state index in [1.54, 1.807) is 0 Å². The molecule has 2 rings (SSSR count). The number of rotatable bonds is 3. The monoisotopic (exact) mass is 181 g/mol. The number of amides is 1. The van der Waals surface area contributed by atoms with Crippen LogP contribution in [0.15, 0.2) is 0 Å². The third-order valence-electron chi connectivity index (χ3n) is 3.71. The molecule has 2 saturated carbocycles. The number of carbonyl (C=O) groups excluding carboxylic acids is 1. The van der Waals surface area contributed by atoms with E-state index in [2.05, 4.69) is 19.2 Å². The number of fused-ring (bicyclic) bond motifs is 1. The molecule has 2 heteroatoms. The first-order valence-corrected chi connectivity index (χ1v) is 5.54. The summed E-state index contributed by atoms with van der Waals surface area (Å²) in [7, 11) is 0. The first kappa shape index (κ1) is 9.04. The Kier molecular flexibility index (Phi) is 2.31. The molecule has 2 aliphatic rings. The molecule has 3 atom stereocenters. The van der Waals surface area contributed by atoms with Crippen molar-refractivity contribution >= 4 is 5.91 Å². The SMILES string of the molecule is CCC(C)NC(=O)C1C2CCCC21. The molecule has 1 N–H and O–H groups in total. The van der Waals surface area contributed by atoms with E-state index in [-0.39, 0.29) is 0 Å². The molecular weight excluding hydrogens is 162 g/mol. The first-order chi connectivity index (χ1) is 6.24. The van der Waals surface area contributed by atoms with Gasteiger partial charge in [-0.05, 0) is 38.0 Å². The van der Waals surface area contributed by atoms with Crippen molar-refractivity contribution in [1.82, 2.24) is 5.32 Å². The van der Waals surface area contributed by atoms with Gasteiger partial charge in [0.05, 0.1) is 0 Å². The molecule has 0 aromatic heterocycles. The van der Waals surface area contributed by atoms with Crippen LogP contribution >= 0.6 is 0 Å². The van der Waals surface area contributed by atoms with Crippen LogP contribution in [0.4, 0.5) is 0 Å². The predicted molar refractivity (Wildman–Crippen MR) is 52.2 cm³/mol. The Labute approximate surface area is 80.1 Å². The summed E-state index contributed by atoms with van der Waals surface area (Å²) in [5, 5.41) is 3.08. The Balaban J connectivity index is 1.80. The van der Waals surface area contributed by atoms with Crippen molar-refractivity contribution in [3.8, 4) is 0 Å². The molecule has 3 unspecified atom stereocenters. The summed E-state index contributed by atoms with van der Waals surface area (Å²) in [5.41, 5.74) is 0. The topological polar surface area (TPSA) is 29.1 Å². The summed E-state index contributed by atoms with van der Waals surface area (Å²) < 4.78 is 0. The molecular formula is C11H19NO. The average Bonchev–Trinajstić information content (AvgIpc) is 2.61. The molecule has 0 spiro atoms. The minimum Gasteiger partial charge on any atom is -0.353 e. The molecule has 74 valence electrons. The van der Waals surface area contributed by atoms with Gasteiger partial charge in [-0.25, -0.2) is 0 Å². The second-order valence-electron chi connectivity index (χ2n) is 4.60. The zero-order valence-corrected chi connectivity index (χ0v) is 8.55. The normalized spacial score (nSPS) is 38.2. The average molecular weight is 181 g/mol. The van der Waals surface area contributed by atoms with Gasteiger partial charge >= 0.3 is 0 Å². The Morgan fingerprint density at radius 3 is 2.62 bits per heavy atom. The van der Waals surface area contributed by atoms with Crippen LogP contribution in [0.5, 0.6) is 0 Å². The Hall–Kier alpha value is -0.530. The highest BCUT2D eigenvalue weighted by atomic mass is 16.2. The molecule has 0 aromatic rings. The standard InChI is InChI=1S/C11H19NO/c1-3-7(2)12-11(13)10-8-5-4-6-9(8)10/h7-10H,3-6H2,1-2H3,(H,12,13). The van der Waals surface area contributed by atoms with Crippen LogP contribution in [-0.2, 0) is 4.79 Å². The third kappa shape index (κ3) is 1.59. The molecule has 2 nitrogen and oxygen atoms in total. The molecule has 0 radical (unpaired) electrons. The smallest absolute Gasteiger partial charge is 0.223 e. The third-order valence-corrected chi connectivity index (χ3v) is 3.71. The van der Waals surface area contributed by atoms with Gasteiger partial charge in [-0.3, -0.25) is 4.79 Å². The van der Waals surface area contributed by atoms with E-state index in [1.807, 2.05) is 0 Å². The van der Waals surface area contributed by atoms with Gasteiger partial charge in [0, 0.05) is 12.0 Å². The highest BCUT2D eigenvalue weighted by Gasteiger charge is 2.56. The van der Waals surface area contributed by atoms with Crippen molar-refractivity contribution in [1.29, 1.82) is 0 Å². The van der Waals surface area contributed by atoms with Crippen molar-refractivity contribution in [3.05, 3.63) is 0 Å². The largest absolute Gasteiger partial charge is 0.353 e. The van der Waals surface area contributed by atoms with Crippen LogP contribution in [-0.4, -0.2) is 11.9 Å². The molecule has 0 aliphatic heterocycles. The van der Waals surface area contributed by atoms with E-state index >= 15 is 0 Å². The maximum atomic E-state index is 11.7. The Bertz CT molecular complexity index is 204. The Morgan fingerprint density at radius 1 is 1.46 bits per heavy atom. The fraction of sp³-hybridized carbons (Fsp3) is 0.909. The maximum Gasteiger partial charge on any atom is 0.223 e. The van der Waals surface area contributed by atoms with E-state index in [4.69, 9.17) is 0 Å². The van der Waals surface area contributed by atoms with Crippen LogP contribution in [0.2, 0.25) is 0 Å². The maximum absolute atomic E-state index is 11.7. The van der Waals surface area contributed by atoms with E-state index in [0.29, 0.717) is 17.9 Å². The highest BCUT2D eigenvalue weighted by molar-refractivity contribution is 5.82. The number of nitrogens with one attached hydrogen (secondary N) is 1. The first-order valence-electron chi connectivity index (χ1n) is 5.54. The van der Waals surface area contributed by atoms with Crippen LogP contribution < -0.4 is 5.32 Å². The molecule has 2 aliphatic carbocycles. The molecule has 0 heterocycles. The van der Waals surface area contributed by atoms with E-state index in [0.717, 1.165) is 18.3 Å². The second kappa shape index (κ2) is 3.32. The van der Waals surface area contributed by atoms with Crippen LogP contribution in [0.25, 0.3) is 0 Å². The number of carbonyl (C=O) groups is 1. The zero-order chi connectivity index (χ0) is 9.42. The second-order valence-corrected chi connectivity index (χ2v) is 4.60. The van der Waals surface area contributed by atoms with Crippen molar-refractivity contribution in [2.45, 2.75) is 45.6 Å². The molecule has 13 heavy (non-hydrogen) atoms. The molecule has 2 fully saturated rings. The van der Waals surface area contributed by atoms with Gasteiger partial charge in [-0.2, -0.15) is 0 Å².